The van der Waals surface area contributed by atoms with Crippen molar-refractivity contribution < 1.29 is 4.79 Å². The number of fused-ring (bicyclic) bond motifs is 1. The van der Waals surface area contributed by atoms with Crippen LogP contribution in [-0.4, -0.2) is 37.0 Å². The topological polar surface area (TPSA) is 32.3 Å². The van der Waals surface area contributed by atoms with Crippen molar-refractivity contribution in [3.05, 3.63) is 35.9 Å². The number of amides is 1. The van der Waals surface area contributed by atoms with Gasteiger partial charge >= 0.3 is 0 Å². The van der Waals surface area contributed by atoms with E-state index in [0.717, 1.165) is 39.0 Å². The fourth-order valence-corrected chi connectivity index (χ4v) is 3.66. The molecule has 0 aliphatic carbocycles. The number of hydrogen-bond acceptors (Lipinski definition) is 2. The van der Waals surface area contributed by atoms with E-state index in [9.17, 15) is 4.79 Å². The Kier molecular flexibility index (Phi) is 4.06. The molecule has 0 bridgehead atoms. The Labute approximate surface area is 121 Å². The molecule has 3 heteroatoms. The Morgan fingerprint density at radius 1 is 1.25 bits per heavy atom. The number of benzene rings is 1. The van der Waals surface area contributed by atoms with E-state index in [1.165, 1.54) is 5.56 Å². The highest BCUT2D eigenvalue weighted by Gasteiger charge is 2.39. The van der Waals surface area contributed by atoms with E-state index < -0.39 is 0 Å². The summed E-state index contributed by atoms with van der Waals surface area (Å²) >= 11 is 0. The Balaban J connectivity index is 1.73. The van der Waals surface area contributed by atoms with Gasteiger partial charge in [0, 0.05) is 26.2 Å². The van der Waals surface area contributed by atoms with E-state index in [2.05, 4.69) is 29.3 Å². The largest absolute Gasteiger partial charge is 0.341 e. The van der Waals surface area contributed by atoms with Gasteiger partial charge in [-0.2, -0.15) is 0 Å². The van der Waals surface area contributed by atoms with Gasteiger partial charge in [-0.05, 0) is 23.8 Å². The van der Waals surface area contributed by atoms with Crippen LogP contribution in [0.1, 0.15) is 31.2 Å². The second-order valence-corrected chi connectivity index (χ2v) is 6.17. The molecule has 1 unspecified atom stereocenters. The third kappa shape index (κ3) is 2.59. The first-order valence-electron chi connectivity index (χ1n) is 7.84. The molecule has 3 rings (SSSR count). The zero-order valence-corrected chi connectivity index (χ0v) is 12.2. The molecule has 1 aromatic carbocycles. The molecule has 0 aromatic heterocycles. The van der Waals surface area contributed by atoms with E-state index in [1.54, 1.807) is 0 Å². The lowest BCUT2D eigenvalue weighted by molar-refractivity contribution is -0.132. The molecule has 2 aliphatic heterocycles. The second-order valence-electron chi connectivity index (χ2n) is 6.17. The van der Waals surface area contributed by atoms with Crippen LogP contribution in [-0.2, 0) is 4.79 Å². The van der Waals surface area contributed by atoms with Crippen molar-refractivity contribution in [1.29, 1.82) is 0 Å². The lowest BCUT2D eigenvalue weighted by Crippen LogP contribution is -2.35. The first kappa shape index (κ1) is 13.6. The predicted molar refractivity (Wildman–Crippen MR) is 80.5 cm³/mol. The van der Waals surface area contributed by atoms with Gasteiger partial charge < -0.3 is 10.2 Å². The van der Waals surface area contributed by atoms with Crippen LogP contribution in [0.15, 0.2) is 30.3 Å². The lowest BCUT2D eigenvalue weighted by Gasteiger charge is -2.24. The first-order chi connectivity index (χ1) is 9.79. The average Bonchev–Trinajstić information content (AvgIpc) is 3.06. The molecular formula is C17H24N2O. The summed E-state index contributed by atoms with van der Waals surface area (Å²) in [4.78, 5) is 15.0. The fraction of sp³-hybridized carbons (Fsp3) is 0.588. The number of carbonyl (C=O) groups excluding carboxylic acids is 1. The smallest absolute Gasteiger partial charge is 0.230 e. The van der Waals surface area contributed by atoms with Gasteiger partial charge in [0.2, 0.25) is 5.91 Å². The Morgan fingerprint density at radius 2 is 1.90 bits per heavy atom. The quantitative estimate of drug-likeness (QED) is 0.912. The molecule has 3 nitrogen and oxygen atoms in total. The normalized spacial score (nSPS) is 26.6. The van der Waals surface area contributed by atoms with Gasteiger partial charge in [-0.1, -0.05) is 43.7 Å². The summed E-state index contributed by atoms with van der Waals surface area (Å²) in [7, 11) is 0. The zero-order chi connectivity index (χ0) is 13.9. The highest BCUT2D eigenvalue weighted by atomic mass is 16.2. The van der Waals surface area contributed by atoms with Gasteiger partial charge in [-0.3, -0.25) is 4.79 Å². The van der Waals surface area contributed by atoms with Crippen LogP contribution in [0, 0.1) is 11.8 Å². The zero-order valence-electron chi connectivity index (χ0n) is 12.2. The summed E-state index contributed by atoms with van der Waals surface area (Å²) in [6, 6.07) is 10.3. The molecule has 1 amide bonds. The molecule has 1 N–H and O–H groups in total. The lowest BCUT2D eigenvalue weighted by atomic mass is 9.93. The van der Waals surface area contributed by atoms with E-state index >= 15 is 0 Å². The molecule has 2 heterocycles. The van der Waals surface area contributed by atoms with Gasteiger partial charge in [0.05, 0.1) is 5.92 Å². The molecule has 0 spiro atoms. The molecular weight excluding hydrogens is 248 g/mol. The molecule has 1 aromatic rings. The van der Waals surface area contributed by atoms with Crippen molar-refractivity contribution in [1.82, 2.24) is 10.2 Å². The summed E-state index contributed by atoms with van der Waals surface area (Å²) < 4.78 is 0. The Bertz CT molecular complexity index is 447. The molecule has 0 saturated carbocycles. The third-order valence-corrected chi connectivity index (χ3v) is 4.78. The number of rotatable bonds is 4. The van der Waals surface area contributed by atoms with Gasteiger partial charge in [-0.25, -0.2) is 0 Å². The van der Waals surface area contributed by atoms with Gasteiger partial charge in [0.1, 0.15) is 0 Å². The number of carbonyl (C=O) groups is 1. The summed E-state index contributed by atoms with van der Waals surface area (Å²) in [5.74, 6) is 1.74. The standard InChI is InChI=1S/C17H24N2O/c1-2-6-16(13-7-4-3-5-8-13)17(20)19-11-14-9-18-10-15(14)12-19/h3-5,7-8,14-16,18H,2,6,9-12H2,1H3/t14-,15+,16?. The minimum atomic E-state index is 0.0491. The van der Waals surface area contributed by atoms with Crippen LogP contribution in [0.25, 0.3) is 0 Å². The van der Waals surface area contributed by atoms with Crippen LogP contribution in [0.4, 0.5) is 0 Å². The molecule has 20 heavy (non-hydrogen) atoms. The summed E-state index contributed by atoms with van der Waals surface area (Å²) in [6.07, 6.45) is 2.00. The van der Waals surface area contributed by atoms with Crippen LogP contribution >= 0.6 is 0 Å². The Morgan fingerprint density at radius 3 is 2.50 bits per heavy atom. The molecule has 108 valence electrons. The summed E-state index contributed by atoms with van der Waals surface area (Å²) in [5.41, 5.74) is 1.18. The molecule has 2 fully saturated rings. The van der Waals surface area contributed by atoms with E-state index in [1.807, 2.05) is 18.2 Å². The minimum Gasteiger partial charge on any atom is -0.341 e. The summed E-state index contributed by atoms with van der Waals surface area (Å²) in [6.45, 7) is 6.22. The van der Waals surface area contributed by atoms with Crippen molar-refractivity contribution in [3.8, 4) is 0 Å². The van der Waals surface area contributed by atoms with Crippen molar-refractivity contribution in [2.75, 3.05) is 26.2 Å². The highest BCUT2D eigenvalue weighted by molar-refractivity contribution is 5.84. The van der Waals surface area contributed by atoms with E-state index in [-0.39, 0.29) is 5.92 Å². The number of hydrogen-bond donors (Lipinski definition) is 1. The monoisotopic (exact) mass is 272 g/mol. The van der Waals surface area contributed by atoms with Crippen LogP contribution in [0.2, 0.25) is 0 Å². The maximum Gasteiger partial charge on any atom is 0.230 e. The molecule has 3 atom stereocenters. The maximum absolute atomic E-state index is 12.9. The molecule has 2 saturated heterocycles. The highest BCUT2D eigenvalue weighted by Crippen LogP contribution is 2.31. The predicted octanol–water partition coefficient (Wildman–Crippen LogP) is 2.25. The Hall–Kier alpha value is -1.35. The van der Waals surface area contributed by atoms with Crippen molar-refractivity contribution in [3.63, 3.8) is 0 Å². The first-order valence-corrected chi connectivity index (χ1v) is 7.84. The maximum atomic E-state index is 12.9. The van der Waals surface area contributed by atoms with Crippen LogP contribution in [0.5, 0.6) is 0 Å². The van der Waals surface area contributed by atoms with Crippen molar-refractivity contribution in [2.24, 2.45) is 11.8 Å². The van der Waals surface area contributed by atoms with Crippen LogP contribution < -0.4 is 5.32 Å². The molecule has 0 radical (unpaired) electrons. The van der Waals surface area contributed by atoms with Gasteiger partial charge in [0.15, 0.2) is 0 Å². The minimum absolute atomic E-state index is 0.0491. The average molecular weight is 272 g/mol. The van der Waals surface area contributed by atoms with E-state index in [0.29, 0.717) is 17.7 Å². The van der Waals surface area contributed by atoms with Crippen molar-refractivity contribution >= 4 is 5.91 Å². The fourth-order valence-electron chi connectivity index (χ4n) is 3.66. The number of nitrogens with zero attached hydrogens (tertiary/aromatic N) is 1. The number of nitrogens with one attached hydrogen (secondary N) is 1. The van der Waals surface area contributed by atoms with Gasteiger partial charge in [0.25, 0.3) is 0 Å². The van der Waals surface area contributed by atoms with Gasteiger partial charge in [-0.15, -0.1) is 0 Å². The third-order valence-electron chi connectivity index (χ3n) is 4.78. The molecule has 2 aliphatic rings. The van der Waals surface area contributed by atoms with Crippen LogP contribution in [0.3, 0.4) is 0 Å². The van der Waals surface area contributed by atoms with Crippen molar-refractivity contribution in [2.45, 2.75) is 25.7 Å². The van der Waals surface area contributed by atoms with E-state index in [4.69, 9.17) is 0 Å². The summed E-state index contributed by atoms with van der Waals surface area (Å²) in [5, 5.41) is 3.43. The number of likely N-dealkylation sites (tertiary alicyclic amines) is 1. The second kappa shape index (κ2) is 5.96. The SMILES string of the molecule is CCCC(C(=O)N1C[C@H]2CNC[C@H]2C1)c1ccccc1.